The number of methoxy groups -OCH3 is 2. The lowest BCUT2D eigenvalue weighted by Crippen LogP contribution is -1.98. The molecule has 0 radical (unpaired) electrons. The van der Waals surface area contributed by atoms with Gasteiger partial charge in [0.25, 0.3) is 0 Å². The van der Waals surface area contributed by atoms with Gasteiger partial charge in [0.2, 0.25) is 0 Å². The predicted octanol–water partition coefficient (Wildman–Crippen LogP) is 3.39. The Labute approximate surface area is 120 Å². The molecule has 0 bridgehead atoms. The van der Waals surface area contributed by atoms with Crippen LogP contribution < -0.4 is 9.47 Å². The van der Waals surface area contributed by atoms with Crippen LogP contribution >= 0.6 is 11.3 Å². The minimum atomic E-state index is -0.956. The highest BCUT2D eigenvalue weighted by Crippen LogP contribution is 2.30. The number of carbonyl (C=O) groups is 1. The summed E-state index contributed by atoms with van der Waals surface area (Å²) in [5, 5.41) is 11.2. The van der Waals surface area contributed by atoms with Crippen molar-refractivity contribution in [3.63, 3.8) is 0 Å². The molecule has 2 rings (SSSR count). The van der Waals surface area contributed by atoms with Gasteiger partial charge in [0.15, 0.2) is 11.5 Å². The topological polar surface area (TPSA) is 55.8 Å². The van der Waals surface area contributed by atoms with E-state index in [2.05, 4.69) is 0 Å². The van der Waals surface area contributed by atoms with Gasteiger partial charge in [0.1, 0.15) is 0 Å². The molecule has 0 amide bonds. The van der Waals surface area contributed by atoms with Crippen LogP contribution in [0.2, 0.25) is 0 Å². The summed E-state index contributed by atoms with van der Waals surface area (Å²) in [6.45, 7) is 0. The molecule has 0 atom stereocenters. The number of hydrogen-bond donors (Lipinski definition) is 1. The largest absolute Gasteiger partial charge is 0.493 e. The van der Waals surface area contributed by atoms with E-state index in [1.54, 1.807) is 44.6 Å². The first-order valence-electron chi connectivity index (χ1n) is 5.86. The van der Waals surface area contributed by atoms with Crippen molar-refractivity contribution in [2.45, 2.75) is 0 Å². The molecule has 4 nitrogen and oxygen atoms in total. The molecule has 1 heterocycles. The Kier molecular flexibility index (Phi) is 4.42. The summed E-state index contributed by atoms with van der Waals surface area (Å²) < 4.78 is 10.4. The first-order valence-corrected chi connectivity index (χ1v) is 6.74. The quantitative estimate of drug-likeness (QED) is 0.858. The highest BCUT2D eigenvalue weighted by Gasteiger charge is 2.12. The molecule has 1 N–H and O–H groups in total. The highest BCUT2D eigenvalue weighted by atomic mass is 32.1. The molecule has 1 aromatic carbocycles. The van der Waals surface area contributed by atoms with Crippen molar-refractivity contribution in [3.8, 4) is 11.5 Å². The van der Waals surface area contributed by atoms with Crippen LogP contribution in [0.25, 0.3) is 11.6 Å². The van der Waals surface area contributed by atoms with Crippen molar-refractivity contribution >= 4 is 29.0 Å². The number of ether oxygens (including phenoxy) is 2. The van der Waals surface area contributed by atoms with E-state index in [0.717, 1.165) is 5.56 Å². The van der Waals surface area contributed by atoms with Crippen molar-refractivity contribution in [1.29, 1.82) is 0 Å². The molecule has 0 aliphatic rings. The van der Waals surface area contributed by atoms with Crippen molar-refractivity contribution in [2.24, 2.45) is 0 Å². The van der Waals surface area contributed by atoms with Gasteiger partial charge in [-0.3, -0.25) is 0 Å². The second-order valence-corrected chi connectivity index (χ2v) is 4.90. The Morgan fingerprint density at radius 1 is 1.20 bits per heavy atom. The van der Waals surface area contributed by atoms with Crippen molar-refractivity contribution in [3.05, 3.63) is 46.2 Å². The fraction of sp³-hybridized carbons (Fsp3) is 0.133. The van der Waals surface area contributed by atoms with Gasteiger partial charge >= 0.3 is 5.97 Å². The third-order valence-corrected chi connectivity index (χ3v) is 3.64. The second-order valence-electron chi connectivity index (χ2n) is 3.95. The first-order chi connectivity index (χ1) is 9.65. The van der Waals surface area contributed by atoms with E-state index < -0.39 is 5.97 Å². The lowest BCUT2D eigenvalue weighted by Gasteiger charge is -2.08. The molecule has 2 aromatic rings. The Morgan fingerprint density at radius 2 is 1.95 bits per heavy atom. The van der Waals surface area contributed by atoms with Crippen LogP contribution in [-0.4, -0.2) is 25.3 Å². The van der Waals surface area contributed by atoms with Gasteiger partial charge in [-0.15, -0.1) is 11.3 Å². The van der Waals surface area contributed by atoms with Gasteiger partial charge in [-0.25, -0.2) is 4.79 Å². The van der Waals surface area contributed by atoms with Crippen LogP contribution in [0, 0.1) is 0 Å². The zero-order valence-corrected chi connectivity index (χ0v) is 11.9. The first kappa shape index (κ1) is 14.1. The monoisotopic (exact) mass is 290 g/mol. The highest BCUT2D eigenvalue weighted by molar-refractivity contribution is 7.11. The lowest BCUT2D eigenvalue weighted by atomic mass is 10.1. The van der Waals surface area contributed by atoms with Gasteiger partial charge < -0.3 is 14.6 Å². The zero-order valence-electron chi connectivity index (χ0n) is 11.1. The zero-order chi connectivity index (χ0) is 14.5. The van der Waals surface area contributed by atoms with Crippen LogP contribution in [0.15, 0.2) is 35.7 Å². The smallest absolute Gasteiger partial charge is 0.337 e. The Hall–Kier alpha value is -2.27. The van der Waals surface area contributed by atoms with Crippen molar-refractivity contribution < 1.29 is 19.4 Å². The molecule has 1 aromatic heterocycles. The molecule has 104 valence electrons. The molecule has 0 saturated carbocycles. The summed E-state index contributed by atoms with van der Waals surface area (Å²) >= 11 is 1.39. The third kappa shape index (κ3) is 3.00. The van der Waals surface area contributed by atoms with Crippen LogP contribution in [0.1, 0.15) is 10.4 Å². The molecule has 0 aliphatic carbocycles. The maximum absolute atomic E-state index is 11.4. The summed E-state index contributed by atoms with van der Waals surface area (Å²) in [4.78, 5) is 12.1. The predicted molar refractivity (Wildman–Crippen MR) is 79.4 cm³/mol. The van der Waals surface area contributed by atoms with Gasteiger partial charge in [-0.05, 0) is 35.2 Å². The second kappa shape index (κ2) is 6.25. The van der Waals surface area contributed by atoms with E-state index >= 15 is 0 Å². The molecule has 0 aliphatic heterocycles. The van der Waals surface area contributed by atoms with Gasteiger partial charge in [-0.2, -0.15) is 0 Å². The maximum atomic E-state index is 11.4. The normalized spacial score (nSPS) is 11.2. The van der Waals surface area contributed by atoms with Crippen molar-refractivity contribution in [1.82, 2.24) is 0 Å². The Balaban J connectivity index is 2.44. The number of thiophene rings is 1. The van der Waals surface area contributed by atoms with E-state index in [1.807, 2.05) is 11.4 Å². The maximum Gasteiger partial charge on any atom is 0.337 e. The fourth-order valence-electron chi connectivity index (χ4n) is 1.78. The van der Waals surface area contributed by atoms with E-state index in [9.17, 15) is 9.90 Å². The van der Waals surface area contributed by atoms with E-state index in [4.69, 9.17) is 9.47 Å². The van der Waals surface area contributed by atoms with Crippen molar-refractivity contribution in [2.75, 3.05) is 14.2 Å². The molecule has 0 fully saturated rings. The summed E-state index contributed by atoms with van der Waals surface area (Å²) in [7, 11) is 3.10. The number of aliphatic carboxylic acids is 1. The van der Waals surface area contributed by atoms with E-state index in [0.29, 0.717) is 16.4 Å². The molecule has 5 heteroatoms. The van der Waals surface area contributed by atoms with E-state index in [1.165, 1.54) is 11.3 Å². The van der Waals surface area contributed by atoms with E-state index in [-0.39, 0.29) is 5.57 Å². The number of hydrogen-bond acceptors (Lipinski definition) is 4. The number of carboxylic acid groups (broad SMARTS) is 1. The van der Waals surface area contributed by atoms with Gasteiger partial charge in [-0.1, -0.05) is 12.1 Å². The number of carboxylic acids is 1. The average Bonchev–Trinajstić information content (AvgIpc) is 2.97. The summed E-state index contributed by atoms with van der Waals surface area (Å²) in [5.74, 6) is 0.219. The molecular formula is C15H14O4S. The Bertz CT molecular complexity index is 629. The summed E-state index contributed by atoms with van der Waals surface area (Å²) in [6.07, 6.45) is 1.62. The minimum absolute atomic E-state index is 0.257. The van der Waals surface area contributed by atoms with Crippen LogP contribution in [0.3, 0.4) is 0 Å². The van der Waals surface area contributed by atoms with Gasteiger partial charge in [0.05, 0.1) is 19.8 Å². The molecule has 20 heavy (non-hydrogen) atoms. The SMILES string of the molecule is COc1ccc(/C=C(/C(=O)O)c2cccs2)cc1OC. The Morgan fingerprint density at radius 3 is 2.50 bits per heavy atom. The summed E-state index contributed by atoms with van der Waals surface area (Å²) in [5.41, 5.74) is 1.00. The average molecular weight is 290 g/mol. The molecule has 0 saturated heterocycles. The summed E-state index contributed by atoms with van der Waals surface area (Å²) in [6, 6.07) is 8.89. The minimum Gasteiger partial charge on any atom is -0.493 e. The molecule has 0 unspecified atom stereocenters. The van der Waals surface area contributed by atoms with Crippen LogP contribution in [0.4, 0.5) is 0 Å². The van der Waals surface area contributed by atoms with Crippen LogP contribution in [0.5, 0.6) is 11.5 Å². The third-order valence-electron chi connectivity index (χ3n) is 2.74. The molecule has 0 spiro atoms. The van der Waals surface area contributed by atoms with Crippen LogP contribution in [-0.2, 0) is 4.79 Å². The lowest BCUT2D eigenvalue weighted by molar-refractivity contribution is -0.130. The molecular weight excluding hydrogens is 276 g/mol. The standard InChI is InChI=1S/C15H14O4S/c1-18-12-6-5-10(9-13(12)19-2)8-11(15(16)17)14-4-3-7-20-14/h3-9H,1-2H3,(H,16,17)/b11-8+. The number of benzene rings is 1. The van der Waals surface area contributed by atoms with Gasteiger partial charge in [0, 0.05) is 4.88 Å². The fourth-order valence-corrected chi connectivity index (χ4v) is 2.51. The number of rotatable bonds is 5.